The van der Waals surface area contributed by atoms with Crippen molar-refractivity contribution in [2.45, 2.75) is 0 Å². The first-order valence-corrected chi connectivity index (χ1v) is 23.4. The van der Waals surface area contributed by atoms with Crippen LogP contribution in [0.1, 0.15) is 34.3 Å². The predicted octanol–water partition coefficient (Wildman–Crippen LogP) is 19.5. The second kappa shape index (κ2) is 18.1. The van der Waals surface area contributed by atoms with Crippen molar-refractivity contribution >= 4 is 43.6 Å². The first-order valence-electron chi connectivity index (χ1n) is 35.9. The fourth-order valence-electron chi connectivity index (χ4n) is 10.3. The Kier molecular flexibility index (Phi) is 6.02. The van der Waals surface area contributed by atoms with Gasteiger partial charge in [-0.05, 0) is 145 Å². The maximum atomic E-state index is 9.37. The molecule has 0 unspecified atom stereocenters. The summed E-state index contributed by atoms with van der Waals surface area (Å²) in [7, 11) is 0. The van der Waals surface area contributed by atoms with E-state index >= 15 is 0 Å². The fourth-order valence-corrected chi connectivity index (χ4v) is 10.3. The molecule has 2 nitrogen and oxygen atoms in total. The summed E-state index contributed by atoms with van der Waals surface area (Å²) in [6.45, 7) is 0. The minimum Gasteiger partial charge on any atom is -0.309 e. The van der Waals surface area contributed by atoms with Gasteiger partial charge in [-0.25, -0.2) is 0 Å². The van der Waals surface area contributed by atoms with Crippen molar-refractivity contribution in [2.75, 3.05) is 0 Å². The average molecular weight is 966 g/mol. The SMILES string of the molecule is [2H]c1c([2H])c([2H])c(-c2cc(-c3c([2H])c([2H])c([2H])c([2H])c3[2H])c(-c3cccc(-n4c5ccccc5c5cc(-n6c7ccccc7c7cc(-c8c(-c9c([2H])c([2H])c([2H])c([2H])c9[2H])cccc8-c8c([2H])c([2H])c([2H])c([2H])c8[2H])ccc76)ccc54)c3)c(-c3c([2H])c([2H])c([2H])c([2H])c3[2H])c2)c([2H])c1[2H]. The summed E-state index contributed by atoms with van der Waals surface area (Å²) in [5, 5.41) is 3.01. The summed E-state index contributed by atoms with van der Waals surface area (Å²) in [6.07, 6.45) is 0. The molecule has 0 fully saturated rings. The van der Waals surface area contributed by atoms with Crippen LogP contribution >= 0.6 is 0 Å². The standard InChI is InChI=1S/C72H48N2/c1-6-22-49(23-7-1)56-46-63(52-28-12-4-13-29-52)72(64(47-56)53-30-14-5-15-31-53)54-32-20-33-57(44-54)73-68-39-19-17-35-62(68)66-48-58(41-43-70(66)73)74-67-38-18-16-34-61(67)65-45-55(40-42-69(65)74)71-59(50-24-8-2-9-25-50)36-21-37-60(71)51-26-10-3-11-27-51/h1-48H/i1D,2D,3D,4D,5D,6D,7D,8D,9D,10D,11D,12D,13D,14D,15D,22D,23D,24D,25D,26D,27D,28D,29D,30D,31D. The van der Waals surface area contributed by atoms with Crippen LogP contribution in [0.3, 0.4) is 0 Å². The monoisotopic (exact) mass is 966 g/mol. The third-order valence-electron chi connectivity index (χ3n) is 13.3. The van der Waals surface area contributed by atoms with E-state index in [9.17, 15) is 5.48 Å². The van der Waals surface area contributed by atoms with E-state index in [1.165, 1.54) is 12.1 Å². The van der Waals surface area contributed by atoms with Gasteiger partial charge in [0, 0.05) is 32.9 Å². The first kappa shape index (κ1) is 24.6. The van der Waals surface area contributed by atoms with Gasteiger partial charge in [-0.3, -0.25) is 0 Å². The van der Waals surface area contributed by atoms with Crippen molar-refractivity contribution in [3.63, 3.8) is 0 Å². The molecule has 14 aromatic rings. The van der Waals surface area contributed by atoms with Crippen LogP contribution in [-0.4, -0.2) is 9.13 Å². The highest BCUT2D eigenvalue weighted by Crippen LogP contribution is 2.46. The number of nitrogens with zero attached hydrogens (tertiary/aromatic N) is 2. The van der Waals surface area contributed by atoms with Crippen LogP contribution < -0.4 is 0 Å². The summed E-state index contributed by atoms with van der Waals surface area (Å²) in [4.78, 5) is 0. The zero-order valence-corrected chi connectivity index (χ0v) is 38.7. The topological polar surface area (TPSA) is 9.86 Å². The van der Waals surface area contributed by atoms with Crippen LogP contribution in [0.5, 0.6) is 0 Å². The van der Waals surface area contributed by atoms with Gasteiger partial charge in [-0.2, -0.15) is 0 Å². The smallest absolute Gasteiger partial charge is 0.0629 e. The van der Waals surface area contributed by atoms with Crippen LogP contribution in [0.25, 0.3) is 133 Å². The quantitative estimate of drug-likeness (QED) is 0.136. The van der Waals surface area contributed by atoms with Crippen molar-refractivity contribution in [1.29, 1.82) is 0 Å². The zero-order chi connectivity index (χ0) is 70.7. The Labute approximate surface area is 466 Å². The Bertz CT molecular complexity index is 5630. The molecule has 346 valence electrons. The van der Waals surface area contributed by atoms with Gasteiger partial charge in [0.15, 0.2) is 0 Å². The third kappa shape index (κ3) is 7.35. The molecule has 0 aliphatic rings. The third-order valence-corrected chi connectivity index (χ3v) is 13.3. The average Bonchev–Trinajstić information content (AvgIpc) is 1.71. The fraction of sp³-hybridized carbons (Fsp3) is 0. The van der Waals surface area contributed by atoms with E-state index in [0.717, 1.165) is 21.7 Å². The number of para-hydroxylation sites is 2. The molecule has 0 saturated heterocycles. The molecule has 2 heteroatoms. The van der Waals surface area contributed by atoms with E-state index < -0.39 is 162 Å². The number of hydrogen-bond acceptors (Lipinski definition) is 0. The summed E-state index contributed by atoms with van der Waals surface area (Å²) in [5.41, 5.74) is 3.30. The van der Waals surface area contributed by atoms with Gasteiger partial charge >= 0.3 is 0 Å². The summed E-state index contributed by atoms with van der Waals surface area (Å²) in [5.74, 6) is 0. The van der Waals surface area contributed by atoms with Crippen molar-refractivity contribution in [3.8, 4) is 89.3 Å². The van der Waals surface area contributed by atoms with Gasteiger partial charge < -0.3 is 9.13 Å². The van der Waals surface area contributed by atoms with Crippen LogP contribution in [0.4, 0.5) is 0 Å². The molecule has 2 aromatic heterocycles. The van der Waals surface area contributed by atoms with Crippen LogP contribution in [0.2, 0.25) is 0 Å². The second-order valence-electron chi connectivity index (χ2n) is 17.4. The molecule has 14 rings (SSSR count). The van der Waals surface area contributed by atoms with E-state index in [0.29, 0.717) is 38.9 Å². The number of benzene rings is 12. The Balaban J connectivity index is 1.00. The molecule has 0 N–H and O–H groups in total. The molecule has 0 bridgehead atoms. The second-order valence-corrected chi connectivity index (χ2v) is 17.4. The Morgan fingerprint density at radius 1 is 0.230 bits per heavy atom. The predicted molar refractivity (Wildman–Crippen MR) is 313 cm³/mol. The molecule has 0 spiro atoms. The molecule has 0 radical (unpaired) electrons. The van der Waals surface area contributed by atoms with Gasteiger partial charge in [0.2, 0.25) is 0 Å². The highest BCUT2D eigenvalue weighted by Gasteiger charge is 2.22. The summed E-state index contributed by atoms with van der Waals surface area (Å²) < 4.78 is 226. The summed E-state index contributed by atoms with van der Waals surface area (Å²) >= 11 is 0. The molecule has 0 saturated carbocycles. The Morgan fingerprint density at radius 3 is 1.15 bits per heavy atom. The lowest BCUT2D eigenvalue weighted by atomic mass is 9.84. The molecule has 12 aromatic carbocycles. The Morgan fingerprint density at radius 2 is 0.622 bits per heavy atom. The van der Waals surface area contributed by atoms with Crippen molar-refractivity contribution in [3.05, 3.63) is 291 Å². The zero-order valence-electron chi connectivity index (χ0n) is 63.7. The molecular formula is C72H48N2. The maximum absolute atomic E-state index is 9.37. The van der Waals surface area contributed by atoms with Gasteiger partial charge in [0.1, 0.15) is 0 Å². The number of rotatable bonds is 9. The number of aromatic nitrogens is 2. The first-order chi connectivity index (χ1) is 47.1. The molecule has 2 heterocycles. The van der Waals surface area contributed by atoms with Gasteiger partial charge in [-0.1, -0.05) is 224 Å². The number of fused-ring (bicyclic) bond motifs is 6. The molecule has 0 aliphatic heterocycles. The molecule has 0 atom stereocenters. The van der Waals surface area contributed by atoms with Gasteiger partial charge in [0.25, 0.3) is 0 Å². The number of hydrogen-bond donors (Lipinski definition) is 0. The van der Waals surface area contributed by atoms with E-state index in [1.54, 1.807) is 42.5 Å². The Hall–Kier alpha value is -9.76. The lowest BCUT2D eigenvalue weighted by molar-refractivity contribution is 1.17. The highest BCUT2D eigenvalue weighted by atomic mass is 15.0. The molecule has 0 amide bonds. The van der Waals surface area contributed by atoms with Crippen LogP contribution in [-0.2, 0) is 0 Å². The van der Waals surface area contributed by atoms with Crippen LogP contribution in [0, 0.1) is 0 Å². The van der Waals surface area contributed by atoms with Crippen LogP contribution in [0.15, 0.2) is 291 Å². The highest BCUT2D eigenvalue weighted by molar-refractivity contribution is 6.14. The molecular weight excluding hydrogens is 893 g/mol. The van der Waals surface area contributed by atoms with Crippen molar-refractivity contribution in [1.82, 2.24) is 9.13 Å². The molecule has 74 heavy (non-hydrogen) atoms. The lowest BCUT2D eigenvalue weighted by Crippen LogP contribution is -1.97. The van der Waals surface area contributed by atoms with Gasteiger partial charge in [-0.15, -0.1) is 0 Å². The van der Waals surface area contributed by atoms with Crippen molar-refractivity contribution < 1.29 is 34.3 Å². The van der Waals surface area contributed by atoms with Crippen molar-refractivity contribution in [2.24, 2.45) is 0 Å². The van der Waals surface area contributed by atoms with E-state index in [4.69, 9.17) is 28.8 Å². The summed E-state index contributed by atoms with van der Waals surface area (Å²) in [6, 6.07) is 24.6. The maximum Gasteiger partial charge on any atom is 0.0629 e. The minimum atomic E-state index is -0.737. The lowest BCUT2D eigenvalue weighted by Gasteiger charge is -2.20. The largest absolute Gasteiger partial charge is 0.309 e. The van der Waals surface area contributed by atoms with Gasteiger partial charge in [0.05, 0.1) is 56.3 Å². The normalized spacial score (nSPS) is 16.2. The molecule has 0 aliphatic carbocycles. The van der Waals surface area contributed by atoms with E-state index in [-0.39, 0.29) is 61.2 Å². The minimum absolute atomic E-state index is 0.00506. The van der Waals surface area contributed by atoms with E-state index in [2.05, 4.69) is 4.57 Å². The van der Waals surface area contributed by atoms with E-state index in [1.807, 2.05) is 89.5 Å².